The Morgan fingerprint density at radius 1 is 1.11 bits per heavy atom. The van der Waals surface area contributed by atoms with Crippen LogP contribution in [0.5, 0.6) is 0 Å². The van der Waals surface area contributed by atoms with E-state index < -0.39 is 0 Å². The minimum atomic E-state index is -0.370. The number of aryl methyl sites for hydroxylation is 1. The normalized spacial score (nSPS) is 10.6. The second-order valence-electron chi connectivity index (χ2n) is 6.22. The van der Waals surface area contributed by atoms with Crippen molar-refractivity contribution in [1.29, 1.82) is 5.26 Å². The van der Waals surface area contributed by atoms with E-state index in [4.69, 9.17) is 5.26 Å². The molecule has 0 radical (unpaired) electrons. The zero-order valence-corrected chi connectivity index (χ0v) is 14.8. The molecule has 0 saturated carbocycles. The van der Waals surface area contributed by atoms with Gasteiger partial charge in [0.05, 0.1) is 22.3 Å². The van der Waals surface area contributed by atoms with Crippen LogP contribution >= 0.6 is 0 Å². The molecule has 0 aliphatic carbocycles. The molecule has 0 bridgehead atoms. The maximum atomic E-state index is 13.1. The van der Waals surface area contributed by atoms with Crippen LogP contribution in [0.3, 0.4) is 0 Å². The first-order valence-corrected chi connectivity index (χ1v) is 8.48. The Labute approximate surface area is 159 Å². The second kappa shape index (κ2) is 6.93. The summed E-state index contributed by atoms with van der Waals surface area (Å²) in [6, 6.07) is 16.5. The van der Waals surface area contributed by atoms with Crippen molar-refractivity contribution >= 4 is 22.6 Å². The monoisotopic (exact) mass is 371 g/mol. The number of amides is 1. The molecule has 6 nitrogen and oxygen atoms in total. The minimum Gasteiger partial charge on any atom is -0.338 e. The molecule has 1 amide bonds. The van der Waals surface area contributed by atoms with Gasteiger partial charge < -0.3 is 10.3 Å². The van der Waals surface area contributed by atoms with Gasteiger partial charge in [0.15, 0.2) is 0 Å². The summed E-state index contributed by atoms with van der Waals surface area (Å²) in [6.45, 7) is 1.68. The number of rotatable bonds is 3. The molecule has 4 rings (SSSR count). The summed E-state index contributed by atoms with van der Waals surface area (Å²) in [5.74, 6) is -0.0652. The molecule has 28 heavy (non-hydrogen) atoms. The molecule has 0 atom stereocenters. The molecule has 136 valence electrons. The topological polar surface area (TPSA) is 94.5 Å². The highest BCUT2D eigenvalue weighted by Crippen LogP contribution is 2.23. The number of nitrogens with zero attached hydrogens (tertiary/aromatic N) is 3. The first kappa shape index (κ1) is 17.4. The van der Waals surface area contributed by atoms with Gasteiger partial charge in [-0.3, -0.25) is 4.79 Å². The van der Waals surface area contributed by atoms with E-state index in [9.17, 15) is 9.18 Å². The predicted octanol–water partition coefficient (Wildman–Crippen LogP) is 4.20. The molecular formula is C21H14FN5O. The van der Waals surface area contributed by atoms with Gasteiger partial charge in [-0.1, -0.05) is 0 Å². The SMILES string of the molecule is Cc1nc(C(=O)Nc2ccc3nc(-c4ccc(F)cc4)[nH]c3c2)ccc1C#N. The first-order valence-electron chi connectivity index (χ1n) is 8.48. The van der Waals surface area contributed by atoms with Crippen molar-refractivity contribution in [3.05, 3.63) is 77.4 Å². The lowest BCUT2D eigenvalue weighted by atomic mass is 10.2. The van der Waals surface area contributed by atoms with Gasteiger partial charge in [-0.05, 0) is 61.5 Å². The van der Waals surface area contributed by atoms with Crippen molar-refractivity contribution in [3.8, 4) is 17.5 Å². The number of nitrogens with one attached hydrogen (secondary N) is 2. The molecule has 2 heterocycles. The number of hydrogen-bond donors (Lipinski definition) is 2. The number of H-pyrrole nitrogens is 1. The number of hydrogen-bond acceptors (Lipinski definition) is 4. The number of fused-ring (bicyclic) bond motifs is 1. The zero-order chi connectivity index (χ0) is 19.7. The molecule has 0 aliphatic heterocycles. The van der Waals surface area contributed by atoms with Crippen molar-refractivity contribution in [3.63, 3.8) is 0 Å². The van der Waals surface area contributed by atoms with E-state index in [1.54, 1.807) is 43.3 Å². The number of aromatic amines is 1. The van der Waals surface area contributed by atoms with Gasteiger partial charge in [0, 0.05) is 11.3 Å². The highest BCUT2D eigenvalue weighted by molar-refractivity contribution is 6.03. The Morgan fingerprint density at radius 3 is 2.61 bits per heavy atom. The largest absolute Gasteiger partial charge is 0.338 e. The van der Waals surface area contributed by atoms with Crippen molar-refractivity contribution in [2.45, 2.75) is 6.92 Å². The maximum Gasteiger partial charge on any atom is 0.274 e. The fraction of sp³-hybridized carbons (Fsp3) is 0.0476. The summed E-state index contributed by atoms with van der Waals surface area (Å²) in [4.78, 5) is 24.3. The number of aromatic nitrogens is 3. The summed E-state index contributed by atoms with van der Waals surface area (Å²) < 4.78 is 13.1. The Morgan fingerprint density at radius 2 is 1.89 bits per heavy atom. The molecule has 0 unspecified atom stereocenters. The lowest BCUT2D eigenvalue weighted by Gasteiger charge is -2.06. The maximum absolute atomic E-state index is 13.1. The van der Waals surface area contributed by atoms with Crippen molar-refractivity contribution in [2.24, 2.45) is 0 Å². The number of pyridine rings is 1. The fourth-order valence-electron chi connectivity index (χ4n) is 2.83. The Hall–Kier alpha value is -4.05. The number of nitriles is 1. The summed E-state index contributed by atoms with van der Waals surface area (Å²) in [5.41, 5.74) is 3.97. The highest BCUT2D eigenvalue weighted by atomic mass is 19.1. The molecule has 2 N–H and O–H groups in total. The molecular weight excluding hydrogens is 357 g/mol. The third-order valence-electron chi connectivity index (χ3n) is 4.30. The van der Waals surface area contributed by atoms with Crippen LogP contribution in [0.2, 0.25) is 0 Å². The van der Waals surface area contributed by atoms with Gasteiger partial charge in [0.1, 0.15) is 23.4 Å². The lowest BCUT2D eigenvalue weighted by molar-refractivity contribution is 0.102. The summed E-state index contributed by atoms with van der Waals surface area (Å²) in [6.07, 6.45) is 0. The van der Waals surface area contributed by atoms with Crippen molar-refractivity contribution < 1.29 is 9.18 Å². The van der Waals surface area contributed by atoms with E-state index in [1.807, 2.05) is 6.07 Å². The molecule has 0 aliphatic rings. The van der Waals surface area contributed by atoms with Gasteiger partial charge in [0.2, 0.25) is 0 Å². The number of halogens is 1. The van der Waals surface area contributed by atoms with Gasteiger partial charge in [0.25, 0.3) is 5.91 Å². The van der Waals surface area contributed by atoms with E-state index >= 15 is 0 Å². The quantitative estimate of drug-likeness (QED) is 0.564. The summed E-state index contributed by atoms with van der Waals surface area (Å²) >= 11 is 0. The zero-order valence-electron chi connectivity index (χ0n) is 14.8. The van der Waals surface area contributed by atoms with Gasteiger partial charge in [-0.25, -0.2) is 14.4 Å². The van der Waals surface area contributed by atoms with Crippen LogP contribution in [0.4, 0.5) is 10.1 Å². The Balaban J connectivity index is 1.59. The van der Waals surface area contributed by atoms with Crippen LogP contribution in [0.25, 0.3) is 22.4 Å². The van der Waals surface area contributed by atoms with E-state index in [0.29, 0.717) is 22.8 Å². The Bertz CT molecular complexity index is 1240. The lowest BCUT2D eigenvalue weighted by Crippen LogP contribution is -2.14. The van der Waals surface area contributed by atoms with E-state index in [2.05, 4.69) is 20.3 Å². The average molecular weight is 371 g/mol. The Kier molecular flexibility index (Phi) is 4.30. The van der Waals surface area contributed by atoms with Crippen LogP contribution in [0.1, 0.15) is 21.7 Å². The van der Waals surface area contributed by atoms with Gasteiger partial charge in [-0.15, -0.1) is 0 Å². The second-order valence-corrected chi connectivity index (χ2v) is 6.22. The molecule has 0 spiro atoms. The van der Waals surface area contributed by atoms with E-state index in [-0.39, 0.29) is 17.4 Å². The predicted molar refractivity (Wildman–Crippen MR) is 103 cm³/mol. The van der Waals surface area contributed by atoms with Crippen molar-refractivity contribution in [2.75, 3.05) is 5.32 Å². The number of imidazole rings is 1. The van der Waals surface area contributed by atoms with E-state index in [1.165, 1.54) is 18.2 Å². The summed E-state index contributed by atoms with van der Waals surface area (Å²) in [7, 11) is 0. The van der Waals surface area contributed by atoms with Crippen LogP contribution in [-0.2, 0) is 0 Å². The van der Waals surface area contributed by atoms with Crippen LogP contribution in [0, 0.1) is 24.1 Å². The van der Waals surface area contributed by atoms with Crippen molar-refractivity contribution in [1.82, 2.24) is 15.0 Å². The molecule has 0 fully saturated rings. The smallest absolute Gasteiger partial charge is 0.274 e. The summed E-state index contributed by atoms with van der Waals surface area (Å²) in [5, 5.41) is 11.8. The third-order valence-corrected chi connectivity index (χ3v) is 4.30. The molecule has 7 heteroatoms. The number of benzene rings is 2. The van der Waals surface area contributed by atoms with Crippen LogP contribution in [0.15, 0.2) is 54.6 Å². The fourth-order valence-corrected chi connectivity index (χ4v) is 2.83. The number of anilines is 1. The average Bonchev–Trinajstić information content (AvgIpc) is 3.11. The first-order chi connectivity index (χ1) is 13.5. The minimum absolute atomic E-state index is 0.230. The van der Waals surface area contributed by atoms with E-state index in [0.717, 1.165) is 16.6 Å². The van der Waals surface area contributed by atoms with Gasteiger partial charge in [-0.2, -0.15) is 5.26 Å². The highest BCUT2D eigenvalue weighted by Gasteiger charge is 2.11. The van der Waals surface area contributed by atoms with Crippen LogP contribution in [-0.4, -0.2) is 20.9 Å². The number of carbonyl (C=O) groups excluding carboxylic acids is 1. The third kappa shape index (κ3) is 3.31. The molecule has 2 aromatic carbocycles. The van der Waals surface area contributed by atoms with Gasteiger partial charge >= 0.3 is 0 Å². The molecule has 2 aromatic heterocycles. The molecule has 0 saturated heterocycles. The number of carbonyl (C=O) groups is 1. The standard InChI is InChI=1S/C21H14FN5O/c1-12-14(11-23)4-8-18(24-12)21(28)25-16-7-9-17-19(10-16)27-20(26-17)13-2-5-15(22)6-3-13/h2-10H,1H3,(H,25,28)(H,26,27). The molecule has 4 aromatic rings. The van der Waals surface area contributed by atoms with Crippen LogP contribution < -0.4 is 5.32 Å².